The summed E-state index contributed by atoms with van der Waals surface area (Å²) in [6, 6.07) is 1.92. The number of aromatic nitrogens is 3. The summed E-state index contributed by atoms with van der Waals surface area (Å²) in [5, 5.41) is 10.5. The maximum absolute atomic E-state index is 12.6. The number of nitrogens with zero attached hydrogens (tertiary/aromatic N) is 4. The number of fused-ring (bicyclic) bond motifs is 1. The summed E-state index contributed by atoms with van der Waals surface area (Å²) in [4.78, 5) is 22.0. The molecule has 1 N–H and O–H groups in total. The maximum atomic E-state index is 12.6. The van der Waals surface area contributed by atoms with Crippen LogP contribution in [0.5, 0.6) is 0 Å². The fourth-order valence-electron chi connectivity index (χ4n) is 4.21. The topological polar surface area (TPSA) is 71.2 Å². The van der Waals surface area contributed by atoms with E-state index in [0.717, 1.165) is 18.6 Å². The van der Waals surface area contributed by atoms with Crippen molar-refractivity contribution in [2.75, 3.05) is 13.1 Å². The van der Waals surface area contributed by atoms with Gasteiger partial charge in [0.05, 0.1) is 24.0 Å². The first kappa shape index (κ1) is 18.0. The molecule has 0 spiro atoms. The summed E-state index contributed by atoms with van der Waals surface area (Å²) in [6.07, 6.45) is 2.17. The fourth-order valence-corrected chi connectivity index (χ4v) is 4.21. The lowest BCUT2D eigenvalue weighted by molar-refractivity contribution is -0.137. The lowest BCUT2D eigenvalue weighted by Gasteiger charge is -2.35. The van der Waals surface area contributed by atoms with E-state index in [9.17, 15) is 23.1 Å². The van der Waals surface area contributed by atoms with Crippen LogP contribution in [0.15, 0.2) is 37.1 Å². The SMILES string of the molecule is O=C(c1ccc(C(F)(F)F)cn1)N1C[C@H]2C[C@@H](n3ccnc3)[C@H](O)C[C@H]2C1. The molecule has 2 aliphatic rings. The Kier molecular flexibility index (Phi) is 4.41. The Morgan fingerprint density at radius 3 is 2.52 bits per heavy atom. The Bertz CT molecular complexity index is 807. The molecule has 1 amide bonds. The van der Waals surface area contributed by atoms with E-state index in [1.807, 2.05) is 10.8 Å². The van der Waals surface area contributed by atoms with Crippen LogP contribution in [0.1, 0.15) is 34.9 Å². The molecule has 4 atom stereocenters. The highest BCUT2D eigenvalue weighted by Gasteiger charge is 2.43. The van der Waals surface area contributed by atoms with Crippen LogP contribution in [0.25, 0.3) is 0 Å². The molecule has 0 radical (unpaired) electrons. The molecule has 1 saturated heterocycles. The molecule has 6 nitrogen and oxygen atoms in total. The van der Waals surface area contributed by atoms with Gasteiger partial charge in [0, 0.05) is 31.7 Å². The van der Waals surface area contributed by atoms with Gasteiger partial charge in [-0.15, -0.1) is 0 Å². The minimum absolute atomic E-state index is 0.00774. The van der Waals surface area contributed by atoms with Crippen LogP contribution in [0.2, 0.25) is 0 Å². The molecular weight excluding hydrogens is 361 g/mol. The van der Waals surface area contributed by atoms with Crippen molar-refractivity contribution in [1.82, 2.24) is 19.4 Å². The third-order valence-corrected chi connectivity index (χ3v) is 5.61. The molecule has 2 aromatic rings. The minimum Gasteiger partial charge on any atom is -0.391 e. The number of amides is 1. The number of aliphatic hydroxyl groups is 1. The first-order valence-corrected chi connectivity index (χ1v) is 8.81. The van der Waals surface area contributed by atoms with Crippen molar-refractivity contribution in [3.05, 3.63) is 48.3 Å². The average Bonchev–Trinajstić information content (AvgIpc) is 3.29. The predicted octanol–water partition coefficient (Wildman–Crippen LogP) is 2.38. The lowest BCUT2D eigenvalue weighted by Crippen LogP contribution is -2.35. The minimum atomic E-state index is -4.48. The highest BCUT2D eigenvalue weighted by atomic mass is 19.4. The second-order valence-corrected chi connectivity index (χ2v) is 7.28. The molecule has 1 saturated carbocycles. The number of hydrogen-bond donors (Lipinski definition) is 1. The molecule has 0 aromatic carbocycles. The molecule has 3 heterocycles. The Hall–Kier alpha value is -2.42. The van der Waals surface area contributed by atoms with Gasteiger partial charge in [-0.25, -0.2) is 4.98 Å². The monoisotopic (exact) mass is 380 g/mol. The molecule has 144 valence electrons. The van der Waals surface area contributed by atoms with Gasteiger partial charge in [0.15, 0.2) is 0 Å². The fraction of sp³-hybridized carbons (Fsp3) is 0.500. The number of imidazole rings is 1. The standard InChI is InChI=1S/C18H19F3N4O2/c19-18(20,21)13-1-2-14(23-7-13)17(27)25-8-11-5-15(24-4-3-22-10-24)16(26)6-12(11)9-25/h1-4,7,10-12,15-16,26H,5-6,8-9H2/t11-,12+,15-,16-/m1/s1. The molecular formula is C18H19F3N4O2. The summed E-state index contributed by atoms with van der Waals surface area (Å²) in [5.74, 6) is 0.0455. The van der Waals surface area contributed by atoms with E-state index in [4.69, 9.17) is 0 Å². The largest absolute Gasteiger partial charge is 0.417 e. The second-order valence-electron chi connectivity index (χ2n) is 7.28. The van der Waals surface area contributed by atoms with Crippen LogP contribution in [-0.2, 0) is 6.18 Å². The van der Waals surface area contributed by atoms with Crippen LogP contribution in [0.3, 0.4) is 0 Å². The summed E-state index contributed by atoms with van der Waals surface area (Å²) in [5.41, 5.74) is -0.867. The highest BCUT2D eigenvalue weighted by Crippen LogP contribution is 2.41. The van der Waals surface area contributed by atoms with Crippen LogP contribution in [0.4, 0.5) is 13.2 Å². The first-order chi connectivity index (χ1) is 12.8. The van der Waals surface area contributed by atoms with E-state index in [1.54, 1.807) is 17.4 Å². The number of halogens is 3. The average molecular weight is 380 g/mol. The summed E-state index contributed by atoms with van der Waals surface area (Å²) in [7, 11) is 0. The Labute approximate surface area is 153 Å². The quantitative estimate of drug-likeness (QED) is 0.869. The Morgan fingerprint density at radius 2 is 1.93 bits per heavy atom. The molecule has 9 heteroatoms. The van der Waals surface area contributed by atoms with E-state index in [0.29, 0.717) is 25.7 Å². The normalized spacial score (nSPS) is 28.2. The summed E-state index contributed by atoms with van der Waals surface area (Å²) >= 11 is 0. The zero-order valence-electron chi connectivity index (χ0n) is 14.4. The highest BCUT2D eigenvalue weighted by molar-refractivity contribution is 5.92. The molecule has 2 aromatic heterocycles. The van der Waals surface area contributed by atoms with Crippen molar-refractivity contribution in [3.63, 3.8) is 0 Å². The number of aliphatic hydroxyl groups excluding tert-OH is 1. The number of likely N-dealkylation sites (tertiary alicyclic amines) is 1. The Balaban J connectivity index is 1.45. The van der Waals surface area contributed by atoms with Crippen molar-refractivity contribution in [3.8, 4) is 0 Å². The molecule has 0 bridgehead atoms. The van der Waals surface area contributed by atoms with Crippen molar-refractivity contribution < 1.29 is 23.1 Å². The smallest absolute Gasteiger partial charge is 0.391 e. The maximum Gasteiger partial charge on any atom is 0.417 e. The Morgan fingerprint density at radius 1 is 1.19 bits per heavy atom. The summed E-state index contributed by atoms with van der Waals surface area (Å²) < 4.78 is 39.8. The van der Waals surface area contributed by atoms with Gasteiger partial charge >= 0.3 is 6.18 Å². The zero-order valence-corrected chi connectivity index (χ0v) is 14.4. The second kappa shape index (κ2) is 6.63. The van der Waals surface area contributed by atoms with Gasteiger partial charge in [0.1, 0.15) is 5.69 Å². The van der Waals surface area contributed by atoms with Crippen molar-refractivity contribution in [1.29, 1.82) is 0 Å². The predicted molar refractivity (Wildman–Crippen MR) is 88.6 cm³/mol. The van der Waals surface area contributed by atoms with Crippen LogP contribution >= 0.6 is 0 Å². The molecule has 27 heavy (non-hydrogen) atoms. The molecule has 4 rings (SSSR count). The summed E-state index contributed by atoms with van der Waals surface area (Å²) in [6.45, 7) is 1.00. The molecule has 1 aliphatic heterocycles. The van der Waals surface area contributed by atoms with Gasteiger partial charge in [0.2, 0.25) is 0 Å². The van der Waals surface area contributed by atoms with Crippen LogP contribution in [0, 0.1) is 11.8 Å². The zero-order chi connectivity index (χ0) is 19.2. The van der Waals surface area contributed by atoms with Gasteiger partial charge in [-0.2, -0.15) is 13.2 Å². The van der Waals surface area contributed by atoms with Gasteiger partial charge in [-0.3, -0.25) is 9.78 Å². The third-order valence-electron chi connectivity index (χ3n) is 5.61. The van der Waals surface area contributed by atoms with E-state index in [-0.39, 0.29) is 29.5 Å². The lowest BCUT2D eigenvalue weighted by atomic mass is 9.77. The van der Waals surface area contributed by atoms with Gasteiger partial charge in [0.25, 0.3) is 5.91 Å². The van der Waals surface area contributed by atoms with Crippen molar-refractivity contribution >= 4 is 5.91 Å². The third kappa shape index (κ3) is 3.43. The van der Waals surface area contributed by atoms with Gasteiger partial charge in [-0.1, -0.05) is 0 Å². The molecule has 1 aliphatic carbocycles. The van der Waals surface area contributed by atoms with Gasteiger partial charge in [-0.05, 0) is 36.8 Å². The van der Waals surface area contributed by atoms with Crippen LogP contribution in [-0.4, -0.2) is 49.6 Å². The number of carbonyl (C=O) groups excluding carboxylic acids is 1. The van der Waals surface area contributed by atoms with Crippen molar-refractivity contribution in [2.24, 2.45) is 11.8 Å². The number of rotatable bonds is 2. The van der Waals surface area contributed by atoms with E-state index in [2.05, 4.69) is 9.97 Å². The first-order valence-electron chi connectivity index (χ1n) is 8.81. The number of pyridine rings is 1. The van der Waals surface area contributed by atoms with Crippen LogP contribution < -0.4 is 0 Å². The van der Waals surface area contributed by atoms with Crippen molar-refractivity contribution in [2.45, 2.75) is 31.2 Å². The molecule has 2 fully saturated rings. The van der Waals surface area contributed by atoms with E-state index in [1.165, 1.54) is 0 Å². The number of carbonyl (C=O) groups is 1. The van der Waals surface area contributed by atoms with E-state index < -0.39 is 17.8 Å². The number of alkyl halides is 3. The molecule has 0 unspecified atom stereocenters. The number of hydrogen-bond acceptors (Lipinski definition) is 4. The van der Waals surface area contributed by atoms with E-state index >= 15 is 0 Å². The van der Waals surface area contributed by atoms with Gasteiger partial charge < -0.3 is 14.6 Å².